The normalized spacial score (nSPS) is 24.8. The molecule has 1 spiro atoms. The molecule has 1 saturated heterocycles. The lowest BCUT2D eigenvalue weighted by Crippen LogP contribution is -2.52. The van der Waals surface area contributed by atoms with E-state index < -0.39 is 12.1 Å². The van der Waals surface area contributed by atoms with E-state index in [4.69, 9.17) is 9.90 Å². The molecule has 0 unspecified atom stereocenters. The third-order valence-electron chi connectivity index (χ3n) is 6.49. The Labute approximate surface area is 189 Å². The molecule has 0 aromatic carbocycles. The number of hydrogen-bond donors (Lipinski definition) is 3. The van der Waals surface area contributed by atoms with E-state index in [2.05, 4.69) is 20.5 Å². The third kappa shape index (κ3) is 7.06. The maximum Gasteiger partial charge on any atom is 0.490 e. The summed E-state index contributed by atoms with van der Waals surface area (Å²) < 4.78 is 31.7. The van der Waals surface area contributed by atoms with Crippen LogP contribution in [-0.4, -0.2) is 57.2 Å². The van der Waals surface area contributed by atoms with Crippen LogP contribution in [0.15, 0.2) is 24.5 Å². The Hall–Kier alpha value is -2.85. The van der Waals surface area contributed by atoms with E-state index in [1.807, 2.05) is 12.1 Å². The molecule has 3 N–H and O–H groups in total. The summed E-state index contributed by atoms with van der Waals surface area (Å²) in [6.45, 7) is 1.45. The van der Waals surface area contributed by atoms with Crippen molar-refractivity contribution in [3.05, 3.63) is 30.1 Å². The molecule has 1 aliphatic heterocycles. The first kappa shape index (κ1) is 24.8. The van der Waals surface area contributed by atoms with Crippen LogP contribution in [-0.2, 0) is 16.1 Å². The molecule has 3 amide bonds. The van der Waals surface area contributed by atoms with Gasteiger partial charge in [0, 0.05) is 43.5 Å². The number of alkyl halides is 3. The fourth-order valence-corrected chi connectivity index (χ4v) is 4.47. The Morgan fingerprint density at radius 3 is 2.39 bits per heavy atom. The smallest absolute Gasteiger partial charge is 0.475 e. The molecule has 33 heavy (non-hydrogen) atoms. The zero-order valence-corrected chi connectivity index (χ0v) is 18.2. The minimum absolute atomic E-state index is 0.0734. The number of carboxylic acid groups (broad SMARTS) is 1. The van der Waals surface area contributed by atoms with Gasteiger partial charge in [0.25, 0.3) is 0 Å². The summed E-state index contributed by atoms with van der Waals surface area (Å²) in [5.41, 5.74) is 1.06. The lowest BCUT2D eigenvalue weighted by Gasteiger charge is -2.44. The number of carbonyl (C=O) groups is 3. The van der Waals surface area contributed by atoms with Crippen LogP contribution in [0.25, 0.3) is 0 Å². The number of carbonyl (C=O) groups excluding carboxylic acids is 2. The van der Waals surface area contributed by atoms with E-state index in [0.717, 1.165) is 50.1 Å². The van der Waals surface area contributed by atoms with Gasteiger partial charge in [0.1, 0.15) is 0 Å². The minimum Gasteiger partial charge on any atom is -0.475 e. The van der Waals surface area contributed by atoms with Crippen LogP contribution in [0.5, 0.6) is 0 Å². The number of pyridine rings is 1. The molecular weight excluding hydrogens is 441 g/mol. The molecule has 2 heterocycles. The number of hydrogen-bond acceptors (Lipinski definition) is 4. The van der Waals surface area contributed by atoms with Crippen LogP contribution in [0.3, 0.4) is 0 Å². The quantitative estimate of drug-likeness (QED) is 0.612. The maximum absolute atomic E-state index is 12.3. The average Bonchev–Trinajstić information content (AvgIpc) is 3.55. The molecule has 182 valence electrons. The molecule has 1 aromatic heterocycles. The standard InChI is InChI=1S/C20H28N4O2.C2HF3O2/c25-18-7-10-20(24(18)14-15-3-4-15)8-5-17(6-9-20)23-19(26)22-13-16-2-1-11-21-12-16;3-2(4,5)1(6)7/h1-2,11-12,15,17H,3-10,13-14H2,(H2,22,23,26);(H,6,7). The number of urea groups is 1. The summed E-state index contributed by atoms with van der Waals surface area (Å²) in [6, 6.07) is 3.90. The summed E-state index contributed by atoms with van der Waals surface area (Å²) >= 11 is 0. The van der Waals surface area contributed by atoms with E-state index >= 15 is 0 Å². The van der Waals surface area contributed by atoms with Crippen molar-refractivity contribution in [2.24, 2.45) is 5.92 Å². The van der Waals surface area contributed by atoms with Gasteiger partial charge in [-0.3, -0.25) is 9.78 Å². The Bertz CT molecular complexity index is 838. The van der Waals surface area contributed by atoms with E-state index in [0.29, 0.717) is 18.9 Å². The number of nitrogens with one attached hydrogen (secondary N) is 2. The molecule has 3 fully saturated rings. The van der Waals surface area contributed by atoms with Crippen molar-refractivity contribution in [1.82, 2.24) is 20.5 Å². The Balaban J connectivity index is 0.000000383. The Morgan fingerprint density at radius 2 is 1.85 bits per heavy atom. The number of rotatable bonds is 5. The second kappa shape index (κ2) is 10.4. The largest absolute Gasteiger partial charge is 0.490 e. The zero-order valence-electron chi connectivity index (χ0n) is 18.2. The Kier molecular flexibility index (Phi) is 7.80. The topological polar surface area (TPSA) is 112 Å². The number of carboxylic acids is 1. The van der Waals surface area contributed by atoms with Gasteiger partial charge >= 0.3 is 18.2 Å². The van der Waals surface area contributed by atoms with Crippen molar-refractivity contribution in [2.75, 3.05) is 6.54 Å². The first-order valence-electron chi connectivity index (χ1n) is 11.1. The Morgan fingerprint density at radius 1 is 1.18 bits per heavy atom. The molecule has 3 aliphatic rings. The molecule has 0 bridgehead atoms. The number of halogens is 3. The van der Waals surface area contributed by atoms with Crippen molar-refractivity contribution in [3.8, 4) is 0 Å². The van der Waals surface area contributed by atoms with Crippen LogP contribution >= 0.6 is 0 Å². The van der Waals surface area contributed by atoms with Gasteiger partial charge in [-0.2, -0.15) is 13.2 Å². The second-order valence-corrected chi connectivity index (χ2v) is 8.94. The molecule has 0 radical (unpaired) electrons. The summed E-state index contributed by atoms with van der Waals surface area (Å²) in [6.07, 6.45) is 6.59. The molecule has 11 heteroatoms. The first-order chi connectivity index (χ1) is 15.6. The minimum atomic E-state index is -5.08. The van der Waals surface area contributed by atoms with Gasteiger partial charge in [0.15, 0.2) is 0 Å². The first-order valence-corrected chi connectivity index (χ1v) is 11.1. The fraction of sp³-hybridized carbons (Fsp3) is 0.636. The molecular formula is C22H29F3N4O4. The van der Waals surface area contributed by atoms with Crippen LogP contribution in [0.2, 0.25) is 0 Å². The highest BCUT2D eigenvalue weighted by atomic mass is 19.4. The van der Waals surface area contributed by atoms with Crippen LogP contribution in [0, 0.1) is 5.92 Å². The molecule has 2 saturated carbocycles. The molecule has 4 rings (SSSR count). The van der Waals surface area contributed by atoms with E-state index in [1.165, 1.54) is 12.8 Å². The monoisotopic (exact) mass is 470 g/mol. The van der Waals surface area contributed by atoms with E-state index in [9.17, 15) is 22.8 Å². The lowest BCUT2D eigenvalue weighted by atomic mass is 9.77. The summed E-state index contributed by atoms with van der Waals surface area (Å²) in [7, 11) is 0. The number of aromatic nitrogens is 1. The highest BCUT2D eigenvalue weighted by Crippen LogP contribution is 2.44. The SMILES string of the molecule is O=C(NCc1cccnc1)NC1CCC2(CCC(=O)N2CC2CC2)CC1.O=C(O)C(F)(F)F. The maximum atomic E-state index is 12.3. The van der Waals surface area contributed by atoms with Gasteiger partial charge in [0.2, 0.25) is 5.91 Å². The lowest BCUT2D eigenvalue weighted by molar-refractivity contribution is -0.192. The van der Waals surface area contributed by atoms with Crippen LogP contribution in [0.4, 0.5) is 18.0 Å². The number of likely N-dealkylation sites (tertiary alicyclic amines) is 1. The van der Waals surface area contributed by atoms with Gasteiger partial charge in [-0.15, -0.1) is 0 Å². The highest BCUT2D eigenvalue weighted by molar-refractivity contribution is 5.80. The second-order valence-electron chi connectivity index (χ2n) is 8.94. The third-order valence-corrected chi connectivity index (χ3v) is 6.49. The van der Waals surface area contributed by atoms with E-state index in [-0.39, 0.29) is 17.6 Å². The summed E-state index contributed by atoms with van der Waals surface area (Å²) in [4.78, 5) is 39.6. The van der Waals surface area contributed by atoms with Gasteiger partial charge in [0.05, 0.1) is 0 Å². The van der Waals surface area contributed by atoms with Crippen molar-refractivity contribution in [3.63, 3.8) is 0 Å². The molecule has 1 aromatic rings. The number of aliphatic carboxylic acids is 1. The van der Waals surface area contributed by atoms with Gasteiger partial charge in [-0.25, -0.2) is 9.59 Å². The zero-order chi connectivity index (χ0) is 24.1. The van der Waals surface area contributed by atoms with Crippen molar-refractivity contribution in [2.45, 2.75) is 75.7 Å². The molecule has 8 nitrogen and oxygen atoms in total. The predicted octanol–water partition coefficient (Wildman–Crippen LogP) is 3.23. The molecule has 0 atom stereocenters. The highest BCUT2D eigenvalue weighted by Gasteiger charge is 2.48. The van der Waals surface area contributed by atoms with Crippen LogP contribution in [0.1, 0.15) is 56.9 Å². The summed E-state index contributed by atoms with van der Waals surface area (Å²) in [5.74, 6) is -1.67. The van der Waals surface area contributed by atoms with Crippen molar-refractivity contribution in [1.29, 1.82) is 0 Å². The van der Waals surface area contributed by atoms with Crippen molar-refractivity contribution < 1.29 is 32.7 Å². The van der Waals surface area contributed by atoms with Gasteiger partial charge in [-0.1, -0.05) is 6.07 Å². The average molecular weight is 470 g/mol. The molecule has 2 aliphatic carbocycles. The predicted molar refractivity (Wildman–Crippen MR) is 112 cm³/mol. The fourth-order valence-electron chi connectivity index (χ4n) is 4.47. The van der Waals surface area contributed by atoms with Gasteiger partial charge in [-0.05, 0) is 62.5 Å². The number of amides is 3. The summed E-state index contributed by atoms with van der Waals surface area (Å²) in [5, 5.41) is 13.1. The van der Waals surface area contributed by atoms with E-state index in [1.54, 1.807) is 12.4 Å². The van der Waals surface area contributed by atoms with Crippen molar-refractivity contribution >= 4 is 17.9 Å². The van der Waals surface area contributed by atoms with Crippen LogP contribution < -0.4 is 10.6 Å². The number of nitrogens with zero attached hydrogens (tertiary/aromatic N) is 2. The van der Waals surface area contributed by atoms with Gasteiger partial charge < -0.3 is 20.6 Å².